The monoisotopic (exact) mass is 386 g/mol. The summed E-state index contributed by atoms with van der Waals surface area (Å²) in [5.74, 6) is 0.511. The number of nitrogens with zero attached hydrogens (tertiary/aromatic N) is 1. The molecule has 0 aliphatic heterocycles. The standard InChI is InChI=1S/C18H21F3N2O4/c1-10-6-13(11(2)23(10)9-18(19,20)21)17(24)22-12-7-14(25-3)16(27-5)15(8-12)26-4/h6-8H,9H2,1-5H3,(H,22,24). The number of carbonyl (C=O) groups is 1. The van der Waals surface area contributed by atoms with Gasteiger partial charge in [-0.05, 0) is 19.9 Å². The molecule has 0 aliphatic carbocycles. The second-order valence-electron chi connectivity index (χ2n) is 5.85. The highest BCUT2D eigenvalue weighted by Gasteiger charge is 2.30. The van der Waals surface area contributed by atoms with E-state index in [1.807, 2.05) is 0 Å². The van der Waals surface area contributed by atoms with Crippen LogP contribution in [0, 0.1) is 13.8 Å². The van der Waals surface area contributed by atoms with Gasteiger partial charge in [-0.2, -0.15) is 13.2 Å². The van der Waals surface area contributed by atoms with E-state index in [1.54, 1.807) is 0 Å². The molecular formula is C18H21F3N2O4. The molecule has 1 aromatic heterocycles. The van der Waals surface area contributed by atoms with Crippen molar-refractivity contribution in [2.45, 2.75) is 26.6 Å². The smallest absolute Gasteiger partial charge is 0.406 e. The van der Waals surface area contributed by atoms with E-state index in [-0.39, 0.29) is 11.3 Å². The van der Waals surface area contributed by atoms with Crippen molar-refractivity contribution in [1.29, 1.82) is 0 Å². The molecule has 0 bridgehead atoms. The zero-order valence-corrected chi connectivity index (χ0v) is 15.7. The van der Waals surface area contributed by atoms with E-state index in [0.717, 1.165) is 4.57 Å². The van der Waals surface area contributed by atoms with E-state index in [2.05, 4.69) is 5.32 Å². The second kappa shape index (κ2) is 7.81. The van der Waals surface area contributed by atoms with Gasteiger partial charge in [0, 0.05) is 29.2 Å². The molecule has 9 heteroatoms. The Morgan fingerprint density at radius 2 is 1.59 bits per heavy atom. The molecule has 0 atom stereocenters. The van der Waals surface area contributed by atoms with Gasteiger partial charge in [0.15, 0.2) is 11.5 Å². The average Bonchev–Trinajstić information content (AvgIpc) is 2.87. The third-order valence-corrected chi connectivity index (χ3v) is 4.08. The summed E-state index contributed by atoms with van der Waals surface area (Å²) in [4.78, 5) is 12.6. The molecule has 0 radical (unpaired) electrons. The van der Waals surface area contributed by atoms with Crippen LogP contribution in [-0.2, 0) is 6.54 Å². The van der Waals surface area contributed by atoms with Crippen LogP contribution in [0.3, 0.4) is 0 Å². The van der Waals surface area contributed by atoms with Gasteiger partial charge in [0.25, 0.3) is 5.91 Å². The average molecular weight is 386 g/mol. The Labute approximate surface area is 154 Å². The quantitative estimate of drug-likeness (QED) is 0.817. The molecule has 0 spiro atoms. The van der Waals surface area contributed by atoms with Crippen molar-refractivity contribution in [2.24, 2.45) is 0 Å². The van der Waals surface area contributed by atoms with E-state index >= 15 is 0 Å². The molecule has 0 fully saturated rings. The lowest BCUT2D eigenvalue weighted by Gasteiger charge is -2.15. The summed E-state index contributed by atoms with van der Waals surface area (Å²) in [5, 5.41) is 2.65. The summed E-state index contributed by atoms with van der Waals surface area (Å²) < 4.78 is 54.9. The molecule has 1 N–H and O–H groups in total. The van der Waals surface area contributed by atoms with E-state index in [9.17, 15) is 18.0 Å². The fraction of sp³-hybridized carbons (Fsp3) is 0.389. The molecule has 6 nitrogen and oxygen atoms in total. The van der Waals surface area contributed by atoms with Crippen LogP contribution in [0.1, 0.15) is 21.7 Å². The Morgan fingerprint density at radius 3 is 2.04 bits per heavy atom. The number of aromatic nitrogens is 1. The first kappa shape index (κ1) is 20.5. The van der Waals surface area contributed by atoms with Gasteiger partial charge in [-0.25, -0.2) is 0 Å². The Kier molecular flexibility index (Phi) is 5.92. The predicted octanol–water partition coefficient (Wildman–Crippen LogP) is 3.95. The highest BCUT2D eigenvalue weighted by Crippen LogP contribution is 2.40. The minimum Gasteiger partial charge on any atom is -0.493 e. The number of nitrogens with one attached hydrogen (secondary N) is 1. The molecule has 1 aromatic carbocycles. The van der Waals surface area contributed by atoms with Gasteiger partial charge in [-0.3, -0.25) is 4.79 Å². The van der Waals surface area contributed by atoms with Crippen LogP contribution >= 0.6 is 0 Å². The molecule has 0 saturated carbocycles. The number of ether oxygens (including phenoxy) is 3. The van der Waals surface area contributed by atoms with E-state index < -0.39 is 18.6 Å². The highest BCUT2D eigenvalue weighted by atomic mass is 19.4. The maximum Gasteiger partial charge on any atom is 0.406 e. The van der Waals surface area contributed by atoms with Gasteiger partial charge >= 0.3 is 6.18 Å². The Bertz CT molecular complexity index is 819. The van der Waals surface area contributed by atoms with Crippen molar-refractivity contribution in [2.75, 3.05) is 26.6 Å². The van der Waals surface area contributed by atoms with Crippen LogP contribution in [-0.4, -0.2) is 38.0 Å². The summed E-state index contributed by atoms with van der Waals surface area (Å²) in [7, 11) is 4.33. The minimum atomic E-state index is -4.38. The molecule has 148 valence electrons. The molecule has 0 unspecified atom stereocenters. The van der Waals surface area contributed by atoms with Crippen molar-refractivity contribution in [1.82, 2.24) is 4.57 Å². The Morgan fingerprint density at radius 1 is 1.04 bits per heavy atom. The largest absolute Gasteiger partial charge is 0.493 e. The fourth-order valence-corrected chi connectivity index (χ4v) is 2.81. The molecule has 1 heterocycles. The molecule has 27 heavy (non-hydrogen) atoms. The van der Waals surface area contributed by atoms with Crippen LogP contribution in [0.15, 0.2) is 18.2 Å². The predicted molar refractivity (Wildman–Crippen MR) is 94.0 cm³/mol. The van der Waals surface area contributed by atoms with Gasteiger partial charge in [-0.1, -0.05) is 0 Å². The van der Waals surface area contributed by atoms with Crippen molar-refractivity contribution >= 4 is 11.6 Å². The number of amides is 1. The third-order valence-electron chi connectivity index (χ3n) is 4.08. The topological polar surface area (TPSA) is 61.7 Å². The zero-order chi connectivity index (χ0) is 20.4. The zero-order valence-electron chi connectivity index (χ0n) is 15.7. The second-order valence-corrected chi connectivity index (χ2v) is 5.85. The van der Waals surface area contributed by atoms with Crippen molar-refractivity contribution in [3.05, 3.63) is 35.2 Å². The number of aryl methyl sites for hydroxylation is 1. The normalized spacial score (nSPS) is 11.3. The Hall–Kier alpha value is -2.84. The molecular weight excluding hydrogens is 365 g/mol. The van der Waals surface area contributed by atoms with Crippen molar-refractivity contribution in [3.63, 3.8) is 0 Å². The molecule has 0 saturated heterocycles. The van der Waals surface area contributed by atoms with Gasteiger partial charge in [0.05, 0.1) is 26.9 Å². The maximum atomic E-state index is 12.7. The van der Waals surface area contributed by atoms with Crippen LogP contribution in [0.25, 0.3) is 0 Å². The van der Waals surface area contributed by atoms with Crippen molar-refractivity contribution in [3.8, 4) is 17.2 Å². The minimum absolute atomic E-state index is 0.158. The van der Waals surface area contributed by atoms with Crippen molar-refractivity contribution < 1.29 is 32.2 Å². The number of hydrogen-bond acceptors (Lipinski definition) is 4. The first-order valence-corrected chi connectivity index (χ1v) is 7.96. The summed E-state index contributed by atoms with van der Waals surface area (Å²) in [6.45, 7) is 1.85. The van der Waals surface area contributed by atoms with Crippen LogP contribution in [0.4, 0.5) is 18.9 Å². The summed E-state index contributed by atoms with van der Waals surface area (Å²) in [6, 6.07) is 4.50. The van der Waals surface area contributed by atoms with Gasteiger partial charge < -0.3 is 24.1 Å². The van der Waals surface area contributed by atoms with E-state index in [4.69, 9.17) is 14.2 Å². The number of benzene rings is 1. The van der Waals surface area contributed by atoms with Crippen LogP contribution in [0.5, 0.6) is 17.2 Å². The van der Waals surface area contributed by atoms with E-state index in [0.29, 0.717) is 28.6 Å². The summed E-state index contributed by atoms with van der Waals surface area (Å²) in [5.41, 5.74) is 1.09. The number of methoxy groups -OCH3 is 3. The molecule has 0 aliphatic rings. The van der Waals surface area contributed by atoms with Gasteiger partial charge in [0.2, 0.25) is 5.75 Å². The number of hydrogen-bond donors (Lipinski definition) is 1. The lowest BCUT2D eigenvalue weighted by atomic mass is 10.2. The first-order valence-electron chi connectivity index (χ1n) is 7.96. The highest BCUT2D eigenvalue weighted by molar-refractivity contribution is 6.05. The maximum absolute atomic E-state index is 12.7. The van der Waals surface area contributed by atoms with Gasteiger partial charge in [-0.15, -0.1) is 0 Å². The fourth-order valence-electron chi connectivity index (χ4n) is 2.81. The Balaban J connectivity index is 2.34. The summed E-state index contributed by atoms with van der Waals surface area (Å²) in [6.07, 6.45) is -4.38. The SMILES string of the molecule is COc1cc(NC(=O)c2cc(C)n(CC(F)(F)F)c2C)cc(OC)c1OC. The van der Waals surface area contributed by atoms with Crippen LogP contribution in [0.2, 0.25) is 0 Å². The number of alkyl halides is 3. The third kappa shape index (κ3) is 4.47. The number of carbonyl (C=O) groups excluding carboxylic acids is 1. The van der Waals surface area contributed by atoms with Crippen LogP contribution < -0.4 is 19.5 Å². The number of halogens is 3. The number of anilines is 1. The first-order chi connectivity index (χ1) is 12.6. The van der Waals surface area contributed by atoms with Gasteiger partial charge in [0.1, 0.15) is 6.54 Å². The number of rotatable bonds is 6. The van der Waals surface area contributed by atoms with E-state index in [1.165, 1.54) is 53.4 Å². The molecule has 2 rings (SSSR count). The lowest BCUT2D eigenvalue weighted by molar-refractivity contribution is -0.141. The molecule has 2 aromatic rings. The molecule has 1 amide bonds. The summed E-state index contributed by atoms with van der Waals surface area (Å²) >= 11 is 0. The lowest BCUT2D eigenvalue weighted by Crippen LogP contribution is -2.20.